The van der Waals surface area contributed by atoms with Crippen LogP contribution in [0.3, 0.4) is 0 Å². The molecule has 102 valence electrons. The number of carbonyl (C=O) groups excluding carboxylic acids is 2. The number of hydrogen-bond donors (Lipinski definition) is 1. The Morgan fingerprint density at radius 2 is 2.39 bits per heavy atom. The summed E-state index contributed by atoms with van der Waals surface area (Å²) in [6, 6.07) is -0.344. The highest BCUT2D eigenvalue weighted by Gasteiger charge is 2.30. The van der Waals surface area contributed by atoms with Crippen molar-refractivity contribution in [2.24, 2.45) is 0 Å². The van der Waals surface area contributed by atoms with Gasteiger partial charge in [0.1, 0.15) is 6.04 Å². The molecule has 0 radical (unpaired) electrons. The van der Waals surface area contributed by atoms with Crippen molar-refractivity contribution in [3.63, 3.8) is 0 Å². The first-order valence-electron chi connectivity index (χ1n) is 6.40. The van der Waals surface area contributed by atoms with E-state index in [-0.39, 0.29) is 24.0 Å². The summed E-state index contributed by atoms with van der Waals surface area (Å²) < 4.78 is 5.63. The number of nitrogens with one attached hydrogen (secondary N) is 1. The van der Waals surface area contributed by atoms with Crippen molar-refractivity contribution in [2.45, 2.75) is 25.0 Å². The molecule has 2 rings (SSSR count). The number of rotatable bonds is 3. The molecule has 2 unspecified atom stereocenters. The number of nitrogens with zero attached hydrogens (tertiary/aromatic N) is 2. The Kier molecular flexibility index (Phi) is 4.19. The Morgan fingerprint density at radius 1 is 1.61 bits per heavy atom. The van der Waals surface area contributed by atoms with Gasteiger partial charge < -0.3 is 19.9 Å². The molecule has 1 N–H and O–H groups in total. The highest BCUT2D eigenvalue weighted by atomic mass is 16.5. The van der Waals surface area contributed by atoms with Crippen molar-refractivity contribution < 1.29 is 14.3 Å². The molecule has 2 aliphatic rings. The van der Waals surface area contributed by atoms with Gasteiger partial charge in [0.05, 0.1) is 12.7 Å². The molecule has 0 aromatic heterocycles. The molecular formula is C12H21N3O3. The summed E-state index contributed by atoms with van der Waals surface area (Å²) >= 11 is 0. The van der Waals surface area contributed by atoms with E-state index in [9.17, 15) is 9.59 Å². The van der Waals surface area contributed by atoms with Gasteiger partial charge in [-0.15, -0.1) is 0 Å². The van der Waals surface area contributed by atoms with Gasteiger partial charge in [0.2, 0.25) is 11.8 Å². The molecule has 18 heavy (non-hydrogen) atoms. The molecule has 0 spiro atoms. The number of ether oxygens (including phenoxy) is 1. The predicted molar refractivity (Wildman–Crippen MR) is 66.0 cm³/mol. The molecule has 0 aromatic rings. The minimum absolute atomic E-state index is 0.0160. The van der Waals surface area contributed by atoms with Crippen LogP contribution in [-0.4, -0.2) is 74.1 Å². The van der Waals surface area contributed by atoms with E-state index in [0.717, 1.165) is 13.1 Å². The second kappa shape index (κ2) is 5.67. The van der Waals surface area contributed by atoms with Crippen LogP contribution in [0.25, 0.3) is 0 Å². The van der Waals surface area contributed by atoms with E-state index in [1.165, 1.54) is 0 Å². The topological polar surface area (TPSA) is 61.9 Å². The highest BCUT2D eigenvalue weighted by molar-refractivity contribution is 5.90. The number of carbonyl (C=O) groups is 2. The maximum Gasteiger partial charge on any atom is 0.244 e. The second-order valence-electron chi connectivity index (χ2n) is 5.13. The Balaban J connectivity index is 1.81. The summed E-state index contributed by atoms with van der Waals surface area (Å²) in [5.41, 5.74) is 0. The largest absolute Gasteiger partial charge is 0.374 e. The third kappa shape index (κ3) is 3.20. The highest BCUT2D eigenvalue weighted by Crippen LogP contribution is 2.11. The van der Waals surface area contributed by atoms with E-state index in [1.54, 1.807) is 11.9 Å². The van der Waals surface area contributed by atoms with E-state index in [1.807, 2.05) is 0 Å². The molecule has 0 aliphatic carbocycles. The van der Waals surface area contributed by atoms with E-state index >= 15 is 0 Å². The Morgan fingerprint density at radius 3 is 3.00 bits per heavy atom. The smallest absolute Gasteiger partial charge is 0.244 e. The van der Waals surface area contributed by atoms with E-state index in [4.69, 9.17) is 4.74 Å². The lowest BCUT2D eigenvalue weighted by Crippen LogP contribution is -2.49. The molecule has 2 amide bonds. The maximum absolute atomic E-state index is 12.1. The summed E-state index contributed by atoms with van der Waals surface area (Å²) in [4.78, 5) is 27.1. The Labute approximate surface area is 107 Å². The predicted octanol–water partition coefficient (Wildman–Crippen LogP) is -0.946. The van der Waals surface area contributed by atoms with Gasteiger partial charge in [-0.05, 0) is 13.5 Å². The molecular weight excluding hydrogens is 234 g/mol. The van der Waals surface area contributed by atoms with E-state index in [2.05, 4.69) is 17.3 Å². The van der Waals surface area contributed by atoms with E-state index < -0.39 is 0 Å². The lowest BCUT2D eigenvalue weighted by Gasteiger charge is -2.33. The van der Waals surface area contributed by atoms with Gasteiger partial charge in [-0.3, -0.25) is 9.59 Å². The Hall–Kier alpha value is -1.14. The molecule has 6 nitrogen and oxygen atoms in total. The van der Waals surface area contributed by atoms with Crippen LogP contribution in [-0.2, 0) is 14.3 Å². The zero-order valence-corrected chi connectivity index (χ0v) is 11.0. The van der Waals surface area contributed by atoms with E-state index in [0.29, 0.717) is 26.0 Å². The van der Waals surface area contributed by atoms with Crippen molar-refractivity contribution in [1.29, 1.82) is 0 Å². The van der Waals surface area contributed by atoms with Crippen molar-refractivity contribution in [2.75, 3.05) is 40.3 Å². The van der Waals surface area contributed by atoms with Gasteiger partial charge in [-0.25, -0.2) is 0 Å². The van der Waals surface area contributed by atoms with Gasteiger partial charge in [0, 0.05) is 33.1 Å². The number of amides is 2. The van der Waals surface area contributed by atoms with Gasteiger partial charge in [-0.2, -0.15) is 0 Å². The Bertz CT molecular complexity index is 335. The first-order valence-corrected chi connectivity index (χ1v) is 6.40. The lowest BCUT2D eigenvalue weighted by atomic mass is 10.2. The van der Waals surface area contributed by atoms with Crippen molar-refractivity contribution >= 4 is 11.8 Å². The van der Waals surface area contributed by atoms with Crippen molar-refractivity contribution in [1.82, 2.24) is 15.1 Å². The van der Waals surface area contributed by atoms with Gasteiger partial charge in [0.15, 0.2) is 0 Å². The summed E-state index contributed by atoms with van der Waals surface area (Å²) in [7, 11) is 3.82. The SMILES string of the molecule is CN1CCOC(CN(C)C(=O)C2CCC(=O)N2)C1. The van der Waals surface area contributed by atoms with Crippen LogP contribution in [0, 0.1) is 0 Å². The average molecular weight is 255 g/mol. The van der Waals surface area contributed by atoms with Crippen LogP contribution in [0.5, 0.6) is 0 Å². The van der Waals surface area contributed by atoms with Crippen molar-refractivity contribution in [3.8, 4) is 0 Å². The molecule has 6 heteroatoms. The van der Waals surface area contributed by atoms with Crippen molar-refractivity contribution in [3.05, 3.63) is 0 Å². The monoisotopic (exact) mass is 255 g/mol. The molecule has 2 aliphatic heterocycles. The van der Waals surface area contributed by atoms with Crippen LogP contribution in [0.1, 0.15) is 12.8 Å². The average Bonchev–Trinajstić information content (AvgIpc) is 2.75. The third-order valence-corrected chi connectivity index (χ3v) is 3.49. The van der Waals surface area contributed by atoms with Crippen LogP contribution in [0.4, 0.5) is 0 Å². The number of likely N-dealkylation sites (N-methyl/N-ethyl adjacent to an activating group) is 2. The zero-order valence-electron chi connectivity index (χ0n) is 11.0. The van der Waals surface area contributed by atoms with Crippen LogP contribution in [0.15, 0.2) is 0 Å². The minimum Gasteiger partial charge on any atom is -0.374 e. The standard InChI is InChI=1S/C12H21N3O3/c1-14-5-6-18-9(7-14)8-15(2)12(17)10-3-4-11(16)13-10/h9-10H,3-8H2,1-2H3,(H,13,16). The molecule has 2 heterocycles. The molecule has 2 atom stereocenters. The summed E-state index contributed by atoms with van der Waals surface area (Å²) in [6.45, 7) is 3.07. The summed E-state index contributed by atoms with van der Waals surface area (Å²) in [5.74, 6) is -0.0481. The summed E-state index contributed by atoms with van der Waals surface area (Å²) in [5, 5.41) is 2.70. The quantitative estimate of drug-likeness (QED) is 0.706. The molecule has 0 aromatic carbocycles. The summed E-state index contributed by atoms with van der Waals surface area (Å²) in [6.07, 6.45) is 1.12. The first-order chi connectivity index (χ1) is 8.56. The number of hydrogen-bond acceptors (Lipinski definition) is 4. The van der Waals surface area contributed by atoms with Crippen LogP contribution < -0.4 is 5.32 Å². The first kappa shape index (κ1) is 13.3. The maximum atomic E-state index is 12.1. The molecule has 2 saturated heterocycles. The molecule has 2 fully saturated rings. The van der Waals surface area contributed by atoms with Gasteiger partial charge in [0.25, 0.3) is 0 Å². The zero-order chi connectivity index (χ0) is 13.1. The minimum atomic E-state index is -0.344. The van der Waals surface area contributed by atoms with Gasteiger partial charge >= 0.3 is 0 Å². The third-order valence-electron chi connectivity index (χ3n) is 3.49. The fourth-order valence-corrected chi connectivity index (χ4v) is 2.44. The van der Waals surface area contributed by atoms with Crippen LogP contribution >= 0.6 is 0 Å². The fraction of sp³-hybridized carbons (Fsp3) is 0.833. The molecule has 0 saturated carbocycles. The fourth-order valence-electron chi connectivity index (χ4n) is 2.44. The normalized spacial score (nSPS) is 29.1. The van der Waals surface area contributed by atoms with Gasteiger partial charge in [-0.1, -0.05) is 0 Å². The second-order valence-corrected chi connectivity index (χ2v) is 5.13. The number of morpholine rings is 1. The molecule has 0 bridgehead atoms. The lowest BCUT2D eigenvalue weighted by molar-refractivity contribution is -0.135. The van der Waals surface area contributed by atoms with Crippen LogP contribution in [0.2, 0.25) is 0 Å².